The van der Waals surface area contributed by atoms with E-state index in [0.717, 1.165) is 27.4 Å². The molecule has 0 unspecified atom stereocenters. The normalized spacial score (nSPS) is 13.4. The second kappa shape index (κ2) is 3.26. The van der Waals surface area contributed by atoms with Gasteiger partial charge in [0.25, 0.3) is 0 Å². The molecular formula is C16H9NO. The number of rotatable bonds is 0. The van der Waals surface area contributed by atoms with Crippen LogP contribution in [0.1, 0.15) is 10.4 Å². The van der Waals surface area contributed by atoms with Gasteiger partial charge in [-0.15, -0.1) is 0 Å². The average molecular weight is 231 g/mol. The van der Waals surface area contributed by atoms with E-state index < -0.39 is 0 Å². The Morgan fingerprint density at radius 1 is 0.833 bits per heavy atom. The van der Waals surface area contributed by atoms with Gasteiger partial charge in [-0.3, -0.25) is 9.79 Å². The van der Waals surface area contributed by atoms with Gasteiger partial charge in [0.1, 0.15) is 0 Å². The van der Waals surface area contributed by atoms with Crippen molar-refractivity contribution in [2.75, 3.05) is 0 Å². The molecule has 3 aromatic carbocycles. The van der Waals surface area contributed by atoms with Crippen molar-refractivity contribution in [2.24, 2.45) is 4.99 Å². The van der Waals surface area contributed by atoms with Crippen molar-refractivity contribution < 1.29 is 4.79 Å². The molecule has 3 aromatic rings. The third kappa shape index (κ3) is 1.17. The SMILES string of the molecule is O=C1C=Nc2ccc3cc4ccccc4cc3c21. The summed E-state index contributed by atoms with van der Waals surface area (Å²) in [5.41, 5.74) is 1.51. The van der Waals surface area contributed by atoms with Gasteiger partial charge in [0.05, 0.1) is 17.5 Å². The van der Waals surface area contributed by atoms with Crippen LogP contribution < -0.4 is 0 Å². The van der Waals surface area contributed by atoms with Crippen LogP contribution in [0.15, 0.2) is 53.5 Å². The zero-order chi connectivity index (χ0) is 12.1. The summed E-state index contributed by atoms with van der Waals surface area (Å²) in [4.78, 5) is 16.0. The first-order chi connectivity index (χ1) is 8.83. The highest BCUT2D eigenvalue weighted by Crippen LogP contribution is 2.33. The van der Waals surface area contributed by atoms with Crippen LogP contribution >= 0.6 is 0 Å². The Kier molecular flexibility index (Phi) is 1.73. The van der Waals surface area contributed by atoms with E-state index in [0.29, 0.717) is 0 Å². The van der Waals surface area contributed by atoms with E-state index in [1.165, 1.54) is 11.6 Å². The minimum atomic E-state index is 0.00545. The molecule has 18 heavy (non-hydrogen) atoms. The monoisotopic (exact) mass is 231 g/mol. The fourth-order valence-electron chi connectivity index (χ4n) is 2.56. The molecule has 1 heterocycles. The highest BCUT2D eigenvalue weighted by atomic mass is 16.1. The number of carbonyl (C=O) groups excluding carboxylic acids is 1. The largest absolute Gasteiger partial charge is 0.287 e. The second-order valence-corrected chi connectivity index (χ2v) is 4.50. The average Bonchev–Trinajstić information content (AvgIpc) is 2.78. The molecule has 0 aromatic heterocycles. The molecule has 84 valence electrons. The molecule has 1 aliphatic rings. The van der Waals surface area contributed by atoms with Crippen molar-refractivity contribution in [1.29, 1.82) is 0 Å². The Hall–Kier alpha value is -2.48. The van der Waals surface area contributed by atoms with Gasteiger partial charge in [-0.25, -0.2) is 0 Å². The number of nitrogens with zero attached hydrogens (tertiary/aromatic N) is 1. The summed E-state index contributed by atoms with van der Waals surface area (Å²) >= 11 is 0. The van der Waals surface area contributed by atoms with E-state index in [2.05, 4.69) is 29.3 Å². The van der Waals surface area contributed by atoms with Gasteiger partial charge in [0.15, 0.2) is 0 Å². The molecule has 0 saturated heterocycles. The quantitative estimate of drug-likeness (QED) is 0.540. The summed E-state index contributed by atoms with van der Waals surface area (Å²) in [6.07, 6.45) is 1.40. The molecule has 4 rings (SSSR count). The maximum Gasteiger partial charge on any atom is 0.206 e. The molecule has 0 saturated carbocycles. The van der Waals surface area contributed by atoms with Crippen molar-refractivity contribution in [3.05, 3.63) is 54.1 Å². The lowest BCUT2D eigenvalue weighted by molar-refractivity contribution is 0.107. The lowest BCUT2D eigenvalue weighted by atomic mass is 9.98. The topological polar surface area (TPSA) is 29.4 Å². The first kappa shape index (κ1) is 9.54. The fourth-order valence-corrected chi connectivity index (χ4v) is 2.56. The minimum absolute atomic E-state index is 0.00545. The minimum Gasteiger partial charge on any atom is -0.287 e. The summed E-state index contributed by atoms with van der Waals surface area (Å²) in [5, 5.41) is 4.43. The lowest BCUT2D eigenvalue weighted by Crippen LogP contribution is -1.95. The van der Waals surface area contributed by atoms with E-state index >= 15 is 0 Å². The number of hydrogen-bond acceptors (Lipinski definition) is 2. The summed E-state index contributed by atoms with van der Waals surface area (Å²) < 4.78 is 0. The maximum atomic E-state index is 11.9. The Balaban J connectivity index is 2.21. The van der Waals surface area contributed by atoms with Gasteiger partial charge < -0.3 is 0 Å². The first-order valence-electron chi connectivity index (χ1n) is 5.87. The Morgan fingerprint density at radius 2 is 1.61 bits per heavy atom. The summed E-state index contributed by atoms with van der Waals surface area (Å²) in [7, 11) is 0. The maximum absolute atomic E-state index is 11.9. The second-order valence-electron chi connectivity index (χ2n) is 4.50. The highest BCUT2D eigenvalue weighted by Gasteiger charge is 2.18. The zero-order valence-electron chi connectivity index (χ0n) is 9.55. The number of hydrogen-bond donors (Lipinski definition) is 0. The van der Waals surface area contributed by atoms with Crippen LogP contribution in [0.5, 0.6) is 0 Å². The van der Waals surface area contributed by atoms with Crippen LogP contribution in [0.2, 0.25) is 0 Å². The Bertz CT molecular complexity index is 846. The number of aliphatic imine (C=N–C) groups is 1. The van der Waals surface area contributed by atoms with Crippen molar-refractivity contribution in [1.82, 2.24) is 0 Å². The third-order valence-corrected chi connectivity index (χ3v) is 3.43. The molecule has 2 nitrogen and oxygen atoms in total. The fraction of sp³-hybridized carbons (Fsp3) is 0. The molecule has 0 amide bonds. The predicted molar refractivity (Wildman–Crippen MR) is 73.9 cm³/mol. The number of fused-ring (bicyclic) bond motifs is 4. The van der Waals surface area contributed by atoms with Crippen molar-refractivity contribution in [3.8, 4) is 0 Å². The van der Waals surface area contributed by atoms with E-state index in [9.17, 15) is 4.79 Å². The molecular weight excluding hydrogens is 222 g/mol. The van der Waals surface area contributed by atoms with Crippen LogP contribution in [0.4, 0.5) is 5.69 Å². The van der Waals surface area contributed by atoms with Gasteiger partial charge in [0.2, 0.25) is 5.78 Å². The zero-order valence-corrected chi connectivity index (χ0v) is 9.55. The Morgan fingerprint density at radius 3 is 2.44 bits per heavy atom. The molecule has 0 fully saturated rings. The van der Waals surface area contributed by atoms with Crippen molar-refractivity contribution >= 4 is 39.2 Å². The van der Waals surface area contributed by atoms with E-state index in [-0.39, 0.29) is 5.78 Å². The van der Waals surface area contributed by atoms with Crippen LogP contribution in [-0.2, 0) is 0 Å². The van der Waals surface area contributed by atoms with Crippen LogP contribution in [0.25, 0.3) is 21.5 Å². The van der Waals surface area contributed by atoms with E-state index in [4.69, 9.17) is 0 Å². The van der Waals surface area contributed by atoms with Crippen molar-refractivity contribution in [2.45, 2.75) is 0 Å². The standard InChI is InChI=1S/C16H9NO/c18-15-9-17-14-6-5-12-7-10-3-1-2-4-11(10)8-13(12)16(14)15/h1-9H. The summed E-state index contributed by atoms with van der Waals surface area (Å²) in [5.74, 6) is 0.00545. The molecule has 0 radical (unpaired) electrons. The molecule has 1 aliphatic heterocycles. The molecule has 0 atom stereocenters. The molecule has 0 bridgehead atoms. The van der Waals surface area contributed by atoms with Gasteiger partial charge in [-0.2, -0.15) is 0 Å². The summed E-state index contributed by atoms with van der Waals surface area (Å²) in [6, 6.07) is 16.3. The van der Waals surface area contributed by atoms with Crippen LogP contribution in [-0.4, -0.2) is 12.0 Å². The molecule has 0 spiro atoms. The number of ketones is 1. The first-order valence-corrected chi connectivity index (χ1v) is 5.87. The van der Waals surface area contributed by atoms with Crippen LogP contribution in [0, 0.1) is 0 Å². The molecule has 2 heteroatoms. The number of Topliss-reactive ketones (excluding diaryl/α,β-unsaturated/α-hetero) is 1. The third-order valence-electron chi connectivity index (χ3n) is 3.43. The highest BCUT2D eigenvalue weighted by molar-refractivity contribution is 6.43. The number of benzene rings is 3. The van der Waals surface area contributed by atoms with Gasteiger partial charge in [0, 0.05) is 0 Å². The molecule has 0 aliphatic carbocycles. The smallest absolute Gasteiger partial charge is 0.206 e. The molecule has 0 N–H and O–H groups in total. The lowest BCUT2D eigenvalue weighted by Gasteiger charge is -2.05. The predicted octanol–water partition coefficient (Wildman–Crippen LogP) is 3.89. The van der Waals surface area contributed by atoms with Crippen LogP contribution in [0.3, 0.4) is 0 Å². The summed E-state index contributed by atoms with van der Waals surface area (Å²) in [6.45, 7) is 0. The van der Waals surface area contributed by atoms with E-state index in [1.807, 2.05) is 24.3 Å². The van der Waals surface area contributed by atoms with Gasteiger partial charge in [-0.05, 0) is 39.7 Å². The van der Waals surface area contributed by atoms with Crippen molar-refractivity contribution in [3.63, 3.8) is 0 Å². The Labute approximate surface area is 104 Å². The number of carbonyl (C=O) groups is 1. The van der Waals surface area contributed by atoms with Gasteiger partial charge >= 0.3 is 0 Å². The van der Waals surface area contributed by atoms with E-state index in [1.54, 1.807) is 0 Å². The van der Waals surface area contributed by atoms with Gasteiger partial charge in [-0.1, -0.05) is 30.3 Å².